The summed E-state index contributed by atoms with van der Waals surface area (Å²) in [5.74, 6) is 0. The van der Waals surface area contributed by atoms with E-state index < -0.39 is 0 Å². The largest absolute Gasteiger partial charge is 0.380 e. The first-order valence-electron chi connectivity index (χ1n) is 5.53. The van der Waals surface area contributed by atoms with Crippen LogP contribution in [0.5, 0.6) is 0 Å². The van der Waals surface area contributed by atoms with Gasteiger partial charge in [-0.2, -0.15) is 0 Å². The minimum absolute atomic E-state index is 0.102. The van der Waals surface area contributed by atoms with Gasteiger partial charge in [-0.05, 0) is 38.3 Å². The molecule has 0 saturated heterocycles. The minimum atomic E-state index is 0.102. The Hall–Kier alpha value is -0.860. The van der Waals surface area contributed by atoms with Crippen LogP contribution in [0.2, 0.25) is 0 Å². The van der Waals surface area contributed by atoms with Gasteiger partial charge in [-0.25, -0.2) is 0 Å². The maximum absolute atomic E-state index is 5.99. The fraction of sp³-hybridized carbons (Fsp3) is 0.538. The van der Waals surface area contributed by atoms with E-state index in [2.05, 4.69) is 32.0 Å². The molecule has 0 spiro atoms. The summed E-state index contributed by atoms with van der Waals surface area (Å²) in [4.78, 5) is 0. The van der Waals surface area contributed by atoms with E-state index >= 15 is 0 Å². The van der Waals surface area contributed by atoms with E-state index in [1.807, 2.05) is 6.92 Å². The van der Waals surface area contributed by atoms with E-state index in [0.717, 1.165) is 13.0 Å². The molecule has 0 aliphatic carbocycles. The van der Waals surface area contributed by atoms with E-state index in [9.17, 15) is 0 Å². The van der Waals surface area contributed by atoms with Crippen LogP contribution in [0.1, 0.15) is 23.6 Å². The van der Waals surface area contributed by atoms with Gasteiger partial charge in [-0.1, -0.05) is 23.8 Å². The summed E-state index contributed by atoms with van der Waals surface area (Å²) >= 11 is 0. The van der Waals surface area contributed by atoms with Gasteiger partial charge in [0, 0.05) is 12.6 Å². The predicted octanol–water partition coefficient (Wildman–Crippen LogP) is 2.21. The zero-order valence-electron chi connectivity index (χ0n) is 9.92. The lowest BCUT2D eigenvalue weighted by atomic mass is 10.00. The van der Waals surface area contributed by atoms with Gasteiger partial charge in [0.25, 0.3) is 0 Å². The van der Waals surface area contributed by atoms with Crippen LogP contribution in [0, 0.1) is 13.8 Å². The topological polar surface area (TPSA) is 35.2 Å². The van der Waals surface area contributed by atoms with Crippen molar-refractivity contribution in [2.45, 2.75) is 33.2 Å². The third-order valence-electron chi connectivity index (χ3n) is 2.52. The van der Waals surface area contributed by atoms with Crippen molar-refractivity contribution in [1.29, 1.82) is 0 Å². The summed E-state index contributed by atoms with van der Waals surface area (Å²) in [5, 5.41) is 0. The summed E-state index contributed by atoms with van der Waals surface area (Å²) in [5.41, 5.74) is 9.92. The Balaban J connectivity index is 2.59. The Bertz CT molecular complexity index is 309. The highest BCUT2D eigenvalue weighted by Crippen LogP contribution is 2.12. The summed E-state index contributed by atoms with van der Waals surface area (Å²) in [6, 6.07) is 6.59. The van der Waals surface area contributed by atoms with Crippen molar-refractivity contribution in [3.63, 3.8) is 0 Å². The molecule has 0 aromatic heterocycles. The molecular weight excluding hydrogens is 186 g/mol. The smallest absolute Gasteiger partial charge is 0.0620 e. The lowest BCUT2D eigenvalue weighted by molar-refractivity contribution is 0.133. The monoisotopic (exact) mass is 207 g/mol. The quantitative estimate of drug-likeness (QED) is 0.803. The van der Waals surface area contributed by atoms with Crippen LogP contribution >= 0.6 is 0 Å². The van der Waals surface area contributed by atoms with E-state index in [1.165, 1.54) is 16.7 Å². The Kier molecular flexibility index (Phi) is 4.79. The van der Waals surface area contributed by atoms with Crippen molar-refractivity contribution in [1.82, 2.24) is 0 Å². The van der Waals surface area contributed by atoms with Crippen molar-refractivity contribution in [3.05, 3.63) is 34.9 Å². The zero-order chi connectivity index (χ0) is 11.3. The molecule has 1 rings (SSSR count). The maximum atomic E-state index is 5.99. The molecule has 0 aliphatic heterocycles. The average Bonchev–Trinajstić information content (AvgIpc) is 2.20. The second-order valence-electron chi connectivity index (χ2n) is 4.05. The first kappa shape index (κ1) is 12.2. The highest BCUT2D eigenvalue weighted by atomic mass is 16.5. The Labute approximate surface area is 92.4 Å². The van der Waals surface area contributed by atoms with Gasteiger partial charge in [0.2, 0.25) is 0 Å². The minimum Gasteiger partial charge on any atom is -0.380 e. The van der Waals surface area contributed by atoms with Gasteiger partial charge >= 0.3 is 0 Å². The molecule has 15 heavy (non-hydrogen) atoms. The SMILES string of the molecule is CCOCC(N)Cc1cc(C)ccc1C. The highest BCUT2D eigenvalue weighted by Gasteiger charge is 2.06. The molecule has 1 aromatic rings. The van der Waals surface area contributed by atoms with Gasteiger partial charge < -0.3 is 10.5 Å². The number of aryl methyl sites for hydroxylation is 2. The third-order valence-corrected chi connectivity index (χ3v) is 2.52. The molecule has 0 aliphatic rings. The molecule has 2 N–H and O–H groups in total. The number of ether oxygens (including phenoxy) is 1. The molecule has 0 saturated carbocycles. The fourth-order valence-corrected chi connectivity index (χ4v) is 1.63. The fourth-order valence-electron chi connectivity index (χ4n) is 1.63. The van der Waals surface area contributed by atoms with E-state index in [4.69, 9.17) is 10.5 Å². The Morgan fingerprint density at radius 2 is 2.07 bits per heavy atom. The van der Waals surface area contributed by atoms with Crippen molar-refractivity contribution < 1.29 is 4.74 Å². The molecular formula is C13H21NO. The van der Waals surface area contributed by atoms with Gasteiger partial charge in [-0.3, -0.25) is 0 Å². The summed E-state index contributed by atoms with van der Waals surface area (Å²) in [7, 11) is 0. The number of benzene rings is 1. The van der Waals surface area contributed by atoms with Crippen molar-refractivity contribution in [2.75, 3.05) is 13.2 Å². The molecule has 84 valence electrons. The second kappa shape index (κ2) is 5.89. The first-order valence-corrected chi connectivity index (χ1v) is 5.53. The summed E-state index contributed by atoms with van der Waals surface area (Å²) < 4.78 is 5.31. The van der Waals surface area contributed by atoms with E-state index in [0.29, 0.717) is 6.61 Å². The van der Waals surface area contributed by atoms with Crippen LogP contribution in [-0.2, 0) is 11.2 Å². The normalized spacial score (nSPS) is 12.8. The summed E-state index contributed by atoms with van der Waals surface area (Å²) in [6.07, 6.45) is 0.896. The van der Waals surface area contributed by atoms with Gasteiger partial charge in [0.05, 0.1) is 6.61 Å². The van der Waals surface area contributed by atoms with Crippen LogP contribution in [0.15, 0.2) is 18.2 Å². The molecule has 0 amide bonds. The average molecular weight is 207 g/mol. The molecule has 0 heterocycles. The van der Waals surface area contributed by atoms with Gasteiger partial charge in [0.1, 0.15) is 0 Å². The van der Waals surface area contributed by atoms with Crippen molar-refractivity contribution in [3.8, 4) is 0 Å². The molecule has 1 unspecified atom stereocenters. The molecule has 2 heteroatoms. The molecule has 1 aromatic carbocycles. The number of rotatable bonds is 5. The van der Waals surface area contributed by atoms with Crippen molar-refractivity contribution in [2.24, 2.45) is 5.73 Å². The summed E-state index contributed by atoms with van der Waals surface area (Å²) in [6.45, 7) is 7.61. The lowest BCUT2D eigenvalue weighted by Gasteiger charge is -2.13. The molecule has 0 fully saturated rings. The molecule has 0 radical (unpaired) electrons. The van der Waals surface area contributed by atoms with Crippen LogP contribution < -0.4 is 5.73 Å². The van der Waals surface area contributed by atoms with Gasteiger partial charge in [-0.15, -0.1) is 0 Å². The zero-order valence-corrected chi connectivity index (χ0v) is 9.92. The second-order valence-corrected chi connectivity index (χ2v) is 4.05. The van der Waals surface area contributed by atoms with E-state index in [-0.39, 0.29) is 6.04 Å². The highest BCUT2D eigenvalue weighted by molar-refractivity contribution is 5.31. The standard InChI is InChI=1S/C13H21NO/c1-4-15-9-13(14)8-12-7-10(2)5-6-11(12)3/h5-7,13H,4,8-9,14H2,1-3H3. The lowest BCUT2D eigenvalue weighted by Crippen LogP contribution is -2.29. The maximum Gasteiger partial charge on any atom is 0.0620 e. The number of hydrogen-bond acceptors (Lipinski definition) is 2. The van der Waals surface area contributed by atoms with Crippen molar-refractivity contribution >= 4 is 0 Å². The third kappa shape index (κ3) is 4.02. The molecule has 2 nitrogen and oxygen atoms in total. The number of hydrogen-bond donors (Lipinski definition) is 1. The van der Waals surface area contributed by atoms with Gasteiger partial charge in [0.15, 0.2) is 0 Å². The predicted molar refractivity (Wildman–Crippen MR) is 64.1 cm³/mol. The first-order chi connectivity index (χ1) is 7.13. The van der Waals surface area contributed by atoms with Crippen LogP contribution in [0.3, 0.4) is 0 Å². The van der Waals surface area contributed by atoms with Crippen LogP contribution in [0.25, 0.3) is 0 Å². The number of nitrogens with two attached hydrogens (primary N) is 1. The van der Waals surface area contributed by atoms with E-state index in [1.54, 1.807) is 0 Å². The van der Waals surface area contributed by atoms with Crippen LogP contribution in [-0.4, -0.2) is 19.3 Å². The Morgan fingerprint density at radius 1 is 1.33 bits per heavy atom. The molecule has 1 atom stereocenters. The Morgan fingerprint density at radius 3 is 2.73 bits per heavy atom. The van der Waals surface area contributed by atoms with Crippen LogP contribution in [0.4, 0.5) is 0 Å². The molecule has 0 bridgehead atoms.